The Hall–Kier alpha value is 0.790. The molecule has 0 bridgehead atoms. The van der Waals surface area contributed by atoms with Crippen molar-refractivity contribution in [3.05, 3.63) is 0 Å². The Kier molecular flexibility index (Phi) is 5.87. The van der Waals surface area contributed by atoms with Gasteiger partial charge in [-0.2, -0.15) is 0 Å². The van der Waals surface area contributed by atoms with E-state index in [1.54, 1.807) is 0 Å². The number of hydrogen-bond acceptors (Lipinski definition) is 2. The molecule has 0 aliphatic rings. The Labute approximate surface area is 88.3 Å². The molecule has 0 amide bonds. The molecule has 2 N–H and O–H groups in total. The van der Waals surface area contributed by atoms with Crippen LogP contribution in [0.1, 0.15) is 26.7 Å². The lowest BCUT2D eigenvalue weighted by atomic mass is 10.2. The lowest BCUT2D eigenvalue weighted by Crippen LogP contribution is -2.40. The minimum atomic E-state index is -1.54. The van der Waals surface area contributed by atoms with Gasteiger partial charge in [-0.1, -0.05) is 48.7 Å². The van der Waals surface area contributed by atoms with Gasteiger partial charge in [0.2, 0.25) is 3.79 Å². The first kappa shape index (κ1) is 12.8. The second-order valence-electron chi connectivity index (χ2n) is 2.54. The number of ether oxygens (including phenoxy) is 1. The van der Waals surface area contributed by atoms with Crippen LogP contribution in [0, 0.1) is 0 Å². The van der Waals surface area contributed by atoms with Crippen molar-refractivity contribution in [2.24, 2.45) is 5.73 Å². The highest BCUT2D eigenvalue weighted by molar-refractivity contribution is 6.68. The first-order valence-corrected chi connectivity index (χ1v) is 5.02. The summed E-state index contributed by atoms with van der Waals surface area (Å²) in [7, 11) is 0. The zero-order valence-electron chi connectivity index (χ0n) is 7.19. The second-order valence-corrected chi connectivity index (χ2v) is 4.91. The molecule has 0 rings (SSSR count). The average molecular weight is 235 g/mol. The molecule has 0 saturated heterocycles. The summed E-state index contributed by atoms with van der Waals surface area (Å²) in [5.74, 6) is 0. The van der Waals surface area contributed by atoms with Gasteiger partial charge in [0.25, 0.3) is 0 Å². The van der Waals surface area contributed by atoms with Crippen molar-refractivity contribution in [1.82, 2.24) is 0 Å². The quantitative estimate of drug-likeness (QED) is 0.600. The molecule has 74 valence electrons. The van der Waals surface area contributed by atoms with Crippen molar-refractivity contribution < 1.29 is 4.74 Å². The van der Waals surface area contributed by atoms with E-state index < -0.39 is 10.0 Å². The van der Waals surface area contributed by atoms with E-state index in [2.05, 4.69) is 0 Å². The van der Waals surface area contributed by atoms with E-state index in [0.29, 0.717) is 0 Å². The van der Waals surface area contributed by atoms with Gasteiger partial charge in [-0.25, -0.2) is 0 Å². The van der Waals surface area contributed by atoms with Crippen LogP contribution in [0.5, 0.6) is 0 Å². The molecule has 0 heterocycles. The molecule has 0 radical (unpaired) electrons. The Morgan fingerprint density at radius 1 is 1.25 bits per heavy atom. The van der Waals surface area contributed by atoms with Gasteiger partial charge in [0, 0.05) is 0 Å². The highest BCUT2D eigenvalue weighted by Gasteiger charge is 2.31. The summed E-state index contributed by atoms with van der Waals surface area (Å²) in [6.45, 7) is 4.00. The summed E-state index contributed by atoms with van der Waals surface area (Å²) in [5, 5.41) is 0. The number of alkyl halides is 3. The van der Waals surface area contributed by atoms with Crippen molar-refractivity contribution in [2.45, 2.75) is 42.8 Å². The van der Waals surface area contributed by atoms with Crippen LogP contribution >= 0.6 is 34.8 Å². The SMILES string of the molecule is CCC(CC)OC(N)C(Cl)(Cl)Cl. The molecule has 2 nitrogen and oxygen atoms in total. The van der Waals surface area contributed by atoms with Gasteiger partial charge in [-0.3, -0.25) is 0 Å². The zero-order valence-corrected chi connectivity index (χ0v) is 9.46. The van der Waals surface area contributed by atoms with Crippen LogP contribution in [0.4, 0.5) is 0 Å². The van der Waals surface area contributed by atoms with Crippen LogP contribution in [-0.2, 0) is 4.74 Å². The van der Waals surface area contributed by atoms with Gasteiger partial charge in [0.15, 0.2) is 6.23 Å². The number of halogens is 3. The van der Waals surface area contributed by atoms with E-state index in [1.165, 1.54) is 0 Å². The highest BCUT2D eigenvalue weighted by atomic mass is 35.6. The zero-order chi connectivity index (χ0) is 9.78. The van der Waals surface area contributed by atoms with Crippen molar-refractivity contribution in [3.63, 3.8) is 0 Å². The van der Waals surface area contributed by atoms with E-state index in [9.17, 15) is 0 Å². The van der Waals surface area contributed by atoms with Crippen LogP contribution in [0.3, 0.4) is 0 Å². The van der Waals surface area contributed by atoms with Crippen LogP contribution in [0.25, 0.3) is 0 Å². The molecule has 0 aliphatic carbocycles. The van der Waals surface area contributed by atoms with Crippen LogP contribution in [0.2, 0.25) is 0 Å². The molecule has 1 unspecified atom stereocenters. The predicted molar refractivity (Wildman–Crippen MR) is 53.7 cm³/mol. The Morgan fingerprint density at radius 2 is 1.67 bits per heavy atom. The molecule has 12 heavy (non-hydrogen) atoms. The number of rotatable bonds is 4. The second kappa shape index (κ2) is 5.51. The van der Waals surface area contributed by atoms with Gasteiger partial charge >= 0.3 is 0 Å². The van der Waals surface area contributed by atoms with E-state index in [4.69, 9.17) is 45.3 Å². The first-order chi connectivity index (χ1) is 5.41. The van der Waals surface area contributed by atoms with Gasteiger partial charge in [-0.05, 0) is 12.8 Å². The summed E-state index contributed by atoms with van der Waals surface area (Å²) in [6, 6.07) is 0. The van der Waals surface area contributed by atoms with Crippen molar-refractivity contribution >= 4 is 34.8 Å². The Bertz CT molecular complexity index is 122. The van der Waals surface area contributed by atoms with Gasteiger partial charge in [0.05, 0.1) is 6.10 Å². The minimum absolute atomic E-state index is 0.0654. The third kappa shape index (κ3) is 4.73. The molecule has 5 heteroatoms. The molecule has 0 aliphatic heterocycles. The number of nitrogens with two attached hydrogens (primary N) is 1. The standard InChI is InChI=1S/C7H14Cl3NO/c1-3-5(4-2)12-6(11)7(8,9)10/h5-6H,3-4,11H2,1-2H3. The summed E-state index contributed by atoms with van der Waals surface area (Å²) in [4.78, 5) is 0. The van der Waals surface area contributed by atoms with Gasteiger partial charge < -0.3 is 10.5 Å². The van der Waals surface area contributed by atoms with E-state index in [-0.39, 0.29) is 6.10 Å². The van der Waals surface area contributed by atoms with Crippen molar-refractivity contribution in [3.8, 4) is 0 Å². The Balaban J connectivity index is 3.90. The third-order valence-electron chi connectivity index (χ3n) is 1.57. The molecule has 1 atom stereocenters. The summed E-state index contributed by atoms with van der Waals surface area (Å²) in [5.41, 5.74) is 5.48. The molecular formula is C7H14Cl3NO. The largest absolute Gasteiger partial charge is 0.356 e. The normalized spacial score (nSPS) is 15.2. The third-order valence-corrected chi connectivity index (χ3v) is 2.22. The molecule has 0 aromatic carbocycles. The fraction of sp³-hybridized carbons (Fsp3) is 1.00. The van der Waals surface area contributed by atoms with Crippen molar-refractivity contribution in [2.75, 3.05) is 0 Å². The monoisotopic (exact) mass is 233 g/mol. The average Bonchev–Trinajstić information content (AvgIpc) is 1.97. The molecule has 0 aromatic heterocycles. The highest BCUT2D eigenvalue weighted by Crippen LogP contribution is 2.30. The maximum absolute atomic E-state index is 5.52. The molecule has 0 saturated carbocycles. The summed E-state index contributed by atoms with van der Waals surface area (Å²) >= 11 is 16.6. The van der Waals surface area contributed by atoms with E-state index in [0.717, 1.165) is 12.8 Å². The molecular weight excluding hydrogens is 220 g/mol. The van der Waals surface area contributed by atoms with Crippen LogP contribution in [-0.4, -0.2) is 16.1 Å². The van der Waals surface area contributed by atoms with E-state index in [1.807, 2.05) is 13.8 Å². The molecule has 0 fully saturated rings. The van der Waals surface area contributed by atoms with Gasteiger partial charge in [0.1, 0.15) is 0 Å². The summed E-state index contributed by atoms with van der Waals surface area (Å²) < 4.78 is 3.76. The maximum atomic E-state index is 5.52. The number of hydrogen-bond donors (Lipinski definition) is 1. The molecule has 0 spiro atoms. The van der Waals surface area contributed by atoms with Crippen molar-refractivity contribution in [1.29, 1.82) is 0 Å². The lowest BCUT2D eigenvalue weighted by molar-refractivity contribution is -0.00996. The van der Waals surface area contributed by atoms with Crippen LogP contribution in [0.15, 0.2) is 0 Å². The van der Waals surface area contributed by atoms with E-state index >= 15 is 0 Å². The maximum Gasteiger partial charge on any atom is 0.229 e. The predicted octanol–water partition coefficient (Wildman–Crippen LogP) is 2.85. The molecule has 0 aromatic rings. The Morgan fingerprint density at radius 3 is 1.92 bits per heavy atom. The van der Waals surface area contributed by atoms with Gasteiger partial charge in [-0.15, -0.1) is 0 Å². The topological polar surface area (TPSA) is 35.2 Å². The fourth-order valence-corrected chi connectivity index (χ4v) is 0.920. The lowest BCUT2D eigenvalue weighted by Gasteiger charge is -2.24. The minimum Gasteiger partial charge on any atom is -0.356 e. The van der Waals surface area contributed by atoms with Crippen LogP contribution < -0.4 is 5.73 Å². The summed E-state index contributed by atoms with van der Waals surface area (Å²) in [6.07, 6.45) is 0.943. The smallest absolute Gasteiger partial charge is 0.229 e. The fourth-order valence-electron chi connectivity index (χ4n) is 0.766. The first-order valence-electron chi connectivity index (χ1n) is 3.89.